The quantitative estimate of drug-likeness (QED) is 0.788. The zero-order valence-corrected chi connectivity index (χ0v) is 14.8. The highest BCUT2D eigenvalue weighted by Gasteiger charge is 2.31. The normalized spacial score (nSPS) is 14.5. The van der Waals surface area contributed by atoms with Crippen LogP contribution in [0.4, 0.5) is 30.5 Å². The van der Waals surface area contributed by atoms with E-state index in [1.807, 2.05) is 4.90 Å². The highest BCUT2D eigenvalue weighted by molar-refractivity contribution is 5.87. The van der Waals surface area contributed by atoms with Crippen molar-refractivity contribution < 1.29 is 22.7 Å². The third-order valence-electron chi connectivity index (χ3n) is 4.10. The number of nitrogens with one attached hydrogen (secondary N) is 1. The Morgan fingerprint density at radius 1 is 1.11 bits per heavy atom. The number of hydrogen-bond acceptors (Lipinski definition) is 6. The van der Waals surface area contributed by atoms with Gasteiger partial charge in [0, 0.05) is 44.3 Å². The molecular formula is C18H18F3N5O2. The highest BCUT2D eigenvalue weighted by atomic mass is 19.4. The van der Waals surface area contributed by atoms with Gasteiger partial charge in [0.2, 0.25) is 5.91 Å². The summed E-state index contributed by atoms with van der Waals surface area (Å²) in [5, 5.41) is 3.06. The van der Waals surface area contributed by atoms with Gasteiger partial charge in [-0.3, -0.25) is 4.79 Å². The Balaban J connectivity index is 1.69. The van der Waals surface area contributed by atoms with E-state index in [0.717, 1.165) is 0 Å². The van der Waals surface area contributed by atoms with Crippen LogP contribution >= 0.6 is 0 Å². The lowest BCUT2D eigenvalue weighted by Crippen LogP contribution is -2.48. The van der Waals surface area contributed by atoms with Crippen LogP contribution in [0.1, 0.15) is 0 Å². The van der Waals surface area contributed by atoms with Crippen molar-refractivity contribution in [3.63, 3.8) is 0 Å². The predicted octanol–water partition coefficient (Wildman–Crippen LogP) is 2.95. The van der Waals surface area contributed by atoms with Crippen molar-refractivity contribution in [3.05, 3.63) is 49.3 Å². The summed E-state index contributed by atoms with van der Waals surface area (Å²) in [6.07, 6.45) is -0.369. The molecule has 1 N–H and O–H groups in total. The van der Waals surface area contributed by atoms with Crippen molar-refractivity contribution in [1.29, 1.82) is 0 Å². The van der Waals surface area contributed by atoms with Crippen molar-refractivity contribution in [2.45, 2.75) is 6.36 Å². The van der Waals surface area contributed by atoms with E-state index < -0.39 is 6.36 Å². The van der Waals surface area contributed by atoms with Crippen LogP contribution in [0.25, 0.3) is 0 Å². The average molecular weight is 393 g/mol. The van der Waals surface area contributed by atoms with Gasteiger partial charge in [0.05, 0.1) is 0 Å². The van der Waals surface area contributed by atoms with E-state index in [0.29, 0.717) is 43.5 Å². The van der Waals surface area contributed by atoms with Gasteiger partial charge in [-0.05, 0) is 30.3 Å². The highest BCUT2D eigenvalue weighted by Crippen LogP contribution is 2.28. The summed E-state index contributed by atoms with van der Waals surface area (Å²) in [7, 11) is 0. The number of carbonyl (C=O) groups is 1. The fourth-order valence-corrected chi connectivity index (χ4v) is 2.79. The lowest BCUT2D eigenvalue weighted by atomic mass is 10.3. The van der Waals surface area contributed by atoms with Crippen LogP contribution in [-0.2, 0) is 4.79 Å². The van der Waals surface area contributed by atoms with Gasteiger partial charge in [-0.1, -0.05) is 6.58 Å². The van der Waals surface area contributed by atoms with Gasteiger partial charge in [-0.2, -0.15) is 0 Å². The molecule has 7 nitrogen and oxygen atoms in total. The van der Waals surface area contributed by atoms with E-state index in [4.69, 9.17) is 0 Å². The topological polar surface area (TPSA) is 70.6 Å². The van der Waals surface area contributed by atoms with Crippen molar-refractivity contribution >= 4 is 23.2 Å². The Kier molecular flexibility index (Phi) is 5.67. The molecule has 0 radical (unpaired) electrons. The van der Waals surface area contributed by atoms with Crippen molar-refractivity contribution in [2.24, 2.45) is 0 Å². The summed E-state index contributed by atoms with van der Waals surface area (Å²) >= 11 is 0. The Hall–Kier alpha value is -3.30. The summed E-state index contributed by atoms with van der Waals surface area (Å²) < 4.78 is 40.6. The Morgan fingerprint density at radius 2 is 1.75 bits per heavy atom. The largest absolute Gasteiger partial charge is 0.573 e. The molecule has 0 unspecified atom stereocenters. The molecular weight excluding hydrogens is 375 g/mol. The van der Waals surface area contributed by atoms with Crippen LogP contribution in [0.3, 0.4) is 0 Å². The summed E-state index contributed by atoms with van der Waals surface area (Å²) in [6.45, 7) is 5.70. The predicted molar refractivity (Wildman–Crippen MR) is 97.4 cm³/mol. The number of ether oxygens (including phenoxy) is 1. The lowest BCUT2D eigenvalue weighted by Gasteiger charge is -2.35. The second kappa shape index (κ2) is 8.15. The van der Waals surface area contributed by atoms with Gasteiger partial charge in [0.25, 0.3) is 0 Å². The van der Waals surface area contributed by atoms with E-state index in [2.05, 4.69) is 26.6 Å². The zero-order valence-electron chi connectivity index (χ0n) is 14.8. The fourth-order valence-electron chi connectivity index (χ4n) is 2.79. The first kappa shape index (κ1) is 19.5. The van der Waals surface area contributed by atoms with Crippen molar-refractivity contribution in [2.75, 3.05) is 36.4 Å². The molecule has 10 heteroatoms. The molecule has 28 heavy (non-hydrogen) atoms. The fraction of sp³-hybridized carbons (Fsp3) is 0.278. The lowest BCUT2D eigenvalue weighted by molar-refractivity contribution is -0.274. The third-order valence-corrected chi connectivity index (χ3v) is 4.10. The Morgan fingerprint density at radius 3 is 2.36 bits per heavy atom. The number of hydrogen-bond donors (Lipinski definition) is 1. The van der Waals surface area contributed by atoms with Gasteiger partial charge in [0.1, 0.15) is 5.75 Å². The van der Waals surface area contributed by atoms with E-state index in [-0.39, 0.29) is 11.7 Å². The molecule has 3 rings (SSSR count). The van der Waals surface area contributed by atoms with Gasteiger partial charge < -0.3 is 19.9 Å². The minimum atomic E-state index is -4.73. The summed E-state index contributed by atoms with van der Waals surface area (Å²) in [5.41, 5.74) is 0.539. The monoisotopic (exact) mass is 393 g/mol. The number of benzene rings is 1. The Labute approximate surface area is 159 Å². The van der Waals surface area contributed by atoms with Crippen molar-refractivity contribution in [1.82, 2.24) is 14.9 Å². The minimum Gasteiger partial charge on any atom is -0.406 e. The molecule has 1 aromatic carbocycles. The smallest absolute Gasteiger partial charge is 0.406 e. The SMILES string of the molecule is C=CC(=O)N1CCN(c2nccnc2Nc2ccc(OC(F)(F)F)cc2)CC1. The first-order valence-corrected chi connectivity index (χ1v) is 8.46. The second-order valence-corrected chi connectivity index (χ2v) is 5.94. The molecule has 0 saturated carbocycles. The van der Waals surface area contributed by atoms with E-state index in [1.54, 1.807) is 11.1 Å². The number of rotatable bonds is 5. The number of alkyl halides is 3. The molecule has 0 bridgehead atoms. The maximum atomic E-state index is 12.3. The van der Waals surface area contributed by atoms with Crippen LogP contribution in [0.5, 0.6) is 5.75 Å². The molecule has 2 heterocycles. The van der Waals surface area contributed by atoms with Crippen LogP contribution < -0.4 is 15.0 Å². The Bertz CT molecular complexity index is 834. The zero-order chi connectivity index (χ0) is 20.1. The molecule has 148 valence electrons. The average Bonchev–Trinajstić information content (AvgIpc) is 2.68. The number of amides is 1. The summed E-state index contributed by atoms with van der Waals surface area (Å²) in [4.78, 5) is 24.0. The van der Waals surface area contributed by atoms with E-state index >= 15 is 0 Å². The summed E-state index contributed by atoms with van der Waals surface area (Å²) in [6, 6.07) is 5.34. The molecule has 1 aliphatic heterocycles. The summed E-state index contributed by atoms with van der Waals surface area (Å²) in [5.74, 6) is 0.651. The van der Waals surface area contributed by atoms with E-state index in [1.165, 1.54) is 36.5 Å². The molecule has 0 spiro atoms. The van der Waals surface area contributed by atoms with Gasteiger partial charge >= 0.3 is 6.36 Å². The molecule has 1 fully saturated rings. The van der Waals surface area contributed by atoms with Gasteiger partial charge in [-0.25, -0.2) is 9.97 Å². The first-order valence-electron chi connectivity index (χ1n) is 8.46. The number of nitrogens with zero attached hydrogens (tertiary/aromatic N) is 4. The van der Waals surface area contributed by atoms with Crippen LogP contribution in [0.2, 0.25) is 0 Å². The maximum Gasteiger partial charge on any atom is 0.573 e. The van der Waals surface area contributed by atoms with Crippen LogP contribution in [0, 0.1) is 0 Å². The third kappa shape index (κ3) is 4.90. The number of aromatic nitrogens is 2. The maximum absolute atomic E-state index is 12.3. The molecule has 1 amide bonds. The number of piperazine rings is 1. The molecule has 1 aliphatic rings. The molecule has 1 aromatic heterocycles. The number of anilines is 3. The standard InChI is InChI=1S/C18H18F3N5O2/c1-2-15(27)25-9-11-26(12-10-25)17-16(22-7-8-23-17)24-13-3-5-14(6-4-13)28-18(19,20)21/h2-8H,1,9-12H2,(H,22,24). The minimum absolute atomic E-state index is 0.113. The van der Waals surface area contributed by atoms with Gasteiger partial charge in [0.15, 0.2) is 11.6 Å². The van der Waals surface area contributed by atoms with Crippen LogP contribution in [-0.4, -0.2) is 53.3 Å². The van der Waals surface area contributed by atoms with Gasteiger partial charge in [-0.15, -0.1) is 13.2 Å². The number of carbonyl (C=O) groups excluding carboxylic acids is 1. The van der Waals surface area contributed by atoms with Crippen LogP contribution in [0.15, 0.2) is 49.3 Å². The molecule has 1 saturated heterocycles. The number of halogens is 3. The first-order chi connectivity index (χ1) is 13.4. The molecule has 0 atom stereocenters. The molecule has 2 aromatic rings. The second-order valence-electron chi connectivity index (χ2n) is 5.94. The van der Waals surface area contributed by atoms with Crippen molar-refractivity contribution in [3.8, 4) is 5.75 Å². The van der Waals surface area contributed by atoms with E-state index in [9.17, 15) is 18.0 Å². The molecule has 0 aliphatic carbocycles.